The van der Waals surface area contributed by atoms with Crippen molar-refractivity contribution in [2.75, 3.05) is 0 Å². The van der Waals surface area contributed by atoms with E-state index in [1.165, 1.54) is 205 Å². The maximum Gasteiger partial charge on any atom is 2.00 e. The third kappa shape index (κ3) is 55.9. The Balaban J connectivity index is -0.000000807. The fourth-order valence-electron chi connectivity index (χ4n) is 6.34. The summed E-state index contributed by atoms with van der Waals surface area (Å²) < 4.78 is 0. The van der Waals surface area contributed by atoms with Crippen LogP contribution in [-0.2, 0) is 9.59 Å². The van der Waals surface area contributed by atoms with Crippen molar-refractivity contribution in [1.82, 2.24) is 0 Å². The summed E-state index contributed by atoms with van der Waals surface area (Å²) in [6, 6.07) is 0. The quantitative estimate of drug-likeness (QED) is 0.0477. The molecular formula is C42H82CaO4. The minimum atomic E-state index is -0.901. The van der Waals surface area contributed by atoms with E-state index in [2.05, 4.69) is 13.8 Å². The number of rotatable bonds is 38. The van der Waals surface area contributed by atoms with Crippen LogP contribution in [0, 0.1) is 0 Å². The topological polar surface area (TPSA) is 80.3 Å². The van der Waals surface area contributed by atoms with Gasteiger partial charge in [-0.2, -0.15) is 0 Å². The van der Waals surface area contributed by atoms with Gasteiger partial charge in [-0.15, -0.1) is 0 Å². The summed E-state index contributed by atoms with van der Waals surface area (Å²) in [4.78, 5) is 20.5. The molecule has 0 rings (SSSR count). The zero-order chi connectivity index (χ0) is 34.0. The van der Waals surface area contributed by atoms with E-state index in [-0.39, 0.29) is 50.6 Å². The van der Waals surface area contributed by atoms with Crippen LogP contribution in [0.1, 0.15) is 258 Å². The molecule has 5 heteroatoms. The summed E-state index contributed by atoms with van der Waals surface area (Å²) in [5, 5.41) is 20.5. The summed E-state index contributed by atoms with van der Waals surface area (Å²) in [5.74, 6) is -1.80. The van der Waals surface area contributed by atoms with Gasteiger partial charge in [0.05, 0.1) is 0 Å². The number of aliphatic carboxylic acids is 2. The van der Waals surface area contributed by atoms with E-state index in [4.69, 9.17) is 0 Å². The molecule has 0 radical (unpaired) electrons. The number of carbonyl (C=O) groups excluding carboxylic acids is 2. The standard InChI is InChI=1S/2C21H42O2.Ca/c2*1-2-3-4-5-6-7-8-9-10-11-12-13-14-15-16-17-18-19-20-21(22)23;/h2*2-20H2,1H3,(H,22,23);/q;;+2/p-2. The summed E-state index contributed by atoms with van der Waals surface area (Å²) in [5.41, 5.74) is 0. The third-order valence-electron chi connectivity index (χ3n) is 9.47. The zero-order valence-corrected chi connectivity index (χ0v) is 34.4. The molecule has 4 nitrogen and oxygen atoms in total. The molecule has 0 aliphatic carbocycles. The van der Waals surface area contributed by atoms with Gasteiger partial charge in [0.25, 0.3) is 0 Å². The van der Waals surface area contributed by atoms with E-state index >= 15 is 0 Å². The van der Waals surface area contributed by atoms with Crippen LogP contribution in [0.4, 0.5) is 0 Å². The number of hydrogen-bond donors (Lipinski definition) is 0. The molecule has 0 heterocycles. The van der Waals surface area contributed by atoms with Gasteiger partial charge in [0.2, 0.25) is 0 Å². The first-order chi connectivity index (χ1) is 22.5. The van der Waals surface area contributed by atoms with Crippen molar-refractivity contribution >= 4 is 49.7 Å². The van der Waals surface area contributed by atoms with Gasteiger partial charge in [-0.05, 0) is 25.7 Å². The maximum atomic E-state index is 10.3. The van der Waals surface area contributed by atoms with E-state index in [9.17, 15) is 19.8 Å². The summed E-state index contributed by atoms with van der Waals surface area (Å²) in [6.07, 6.45) is 48.5. The summed E-state index contributed by atoms with van der Waals surface area (Å²) in [6.45, 7) is 4.56. The SMILES string of the molecule is CCCCCCCCCCCCCCCCCCCCC(=O)[O-].CCCCCCCCCCCCCCCCCCCCC(=O)[O-].[Ca+2]. The largest absolute Gasteiger partial charge is 2.00 e. The Morgan fingerprint density at radius 1 is 0.277 bits per heavy atom. The average molecular weight is 691 g/mol. The Bertz CT molecular complexity index is 533. The van der Waals surface area contributed by atoms with Crippen LogP contribution >= 0.6 is 0 Å². The van der Waals surface area contributed by atoms with Gasteiger partial charge in [0, 0.05) is 11.9 Å². The van der Waals surface area contributed by atoms with Crippen LogP contribution in [-0.4, -0.2) is 49.7 Å². The second-order valence-corrected chi connectivity index (χ2v) is 14.3. The van der Waals surface area contributed by atoms with E-state index in [0.717, 1.165) is 25.7 Å². The van der Waals surface area contributed by atoms with E-state index in [1.807, 2.05) is 0 Å². The normalized spacial score (nSPS) is 10.8. The molecule has 47 heavy (non-hydrogen) atoms. The molecule has 0 bridgehead atoms. The van der Waals surface area contributed by atoms with E-state index < -0.39 is 11.9 Å². The van der Waals surface area contributed by atoms with Gasteiger partial charge in [-0.3, -0.25) is 0 Å². The zero-order valence-electron chi connectivity index (χ0n) is 32.2. The number of unbranched alkanes of at least 4 members (excludes halogenated alkanes) is 34. The van der Waals surface area contributed by atoms with Crippen LogP contribution in [0.3, 0.4) is 0 Å². The van der Waals surface area contributed by atoms with Crippen molar-refractivity contribution in [1.29, 1.82) is 0 Å². The van der Waals surface area contributed by atoms with Crippen molar-refractivity contribution in [3.8, 4) is 0 Å². The molecule has 0 unspecified atom stereocenters. The second-order valence-electron chi connectivity index (χ2n) is 14.3. The molecule has 0 fully saturated rings. The number of carboxylic acid groups (broad SMARTS) is 2. The number of carboxylic acids is 2. The number of hydrogen-bond acceptors (Lipinski definition) is 4. The molecule has 0 aromatic rings. The Morgan fingerprint density at radius 3 is 0.532 bits per heavy atom. The Hall–Kier alpha value is 0.200. The summed E-state index contributed by atoms with van der Waals surface area (Å²) in [7, 11) is 0. The van der Waals surface area contributed by atoms with Crippen molar-refractivity contribution in [3.05, 3.63) is 0 Å². The monoisotopic (exact) mass is 691 g/mol. The molecule has 0 aromatic heterocycles. The predicted octanol–water partition coefficient (Wildman–Crippen LogP) is 12.0. The van der Waals surface area contributed by atoms with Crippen LogP contribution < -0.4 is 10.2 Å². The fourth-order valence-corrected chi connectivity index (χ4v) is 6.34. The van der Waals surface area contributed by atoms with Crippen molar-refractivity contribution in [2.45, 2.75) is 258 Å². The molecule has 0 N–H and O–H groups in total. The Kier molecular flexibility index (Phi) is 53.0. The molecule has 0 amide bonds. The minimum absolute atomic E-state index is 0. The molecule has 0 aliphatic rings. The summed E-state index contributed by atoms with van der Waals surface area (Å²) >= 11 is 0. The van der Waals surface area contributed by atoms with Crippen LogP contribution in [0.25, 0.3) is 0 Å². The predicted molar refractivity (Wildman–Crippen MR) is 203 cm³/mol. The molecule has 0 atom stereocenters. The number of carbonyl (C=O) groups is 2. The molecule has 0 aromatic carbocycles. The Morgan fingerprint density at radius 2 is 0.404 bits per heavy atom. The maximum absolute atomic E-state index is 10.3. The van der Waals surface area contributed by atoms with Gasteiger partial charge < -0.3 is 19.8 Å². The second kappa shape index (κ2) is 48.3. The molecule has 0 saturated carbocycles. The van der Waals surface area contributed by atoms with Gasteiger partial charge in [-0.1, -0.05) is 232 Å². The molecule has 0 spiro atoms. The smallest absolute Gasteiger partial charge is 0.550 e. The van der Waals surface area contributed by atoms with E-state index in [0.29, 0.717) is 0 Å². The van der Waals surface area contributed by atoms with Gasteiger partial charge in [0.15, 0.2) is 0 Å². The van der Waals surface area contributed by atoms with Crippen molar-refractivity contribution < 1.29 is 19.8 Å². The first-order valence-corrected chi connectivity index (χ1v) is 20.9. The average Bonchev–Trinajstić information content (AvgIpc) is 3.03. The molecular weight excluding hydrogens is 609 g/mol. The van der Waals surface area contributed by atoms with Gasteiger partial charge >= 0.3 is 37.7 Å². The fraction of sp³-hybridized carbons (Fsp3) is 0.952. The molecule has 0 aliphatic heterocycles. The van der Waals surface area contributed by atoms with Crippen LogP contribution in [0.2, 0.25) is 0 Å². The first kappa shape index (κ1) is 51.6. The van der Waals surface area contributed by atoms with E-state index in [1.54, 1.807) is 0 Å². The molecule has 0 saturated heterocycles. The van der Waals surface area contributed by atoms with Crippen molar-refractivity contribution in [3.63, 3.8) is 0 Å². The first-order valence-electron chi connectivity index (χ1n) is 20.9. The minimum Gasteiger partial charge on any atom is -0.550 e. The van der Waals surface area contributed by atoms with Crippen molar-refractivity contribution in [2.24, 2.45) is 0 Å². The molecule has 276 valence electrons. The van der Waals surface area contributed by atoms with Crippen LogP contribution in [0.15, 0.2) is 0 Å². The van der Waals surface area contributed by atoms with Crippen LogP contribution in [0.5, 0.6) is 0 Å². The third-order valence-corrected chi connectivity index (χ3v) is 9.47. The van der Waals surface area contributed by atoms with Gasteiger partial charge in [0.1, 0.15) is 0 Å². The Labute approximate surface area is 325 Å². The van der Waals surface area contributed by atoms with Gasteiger partial charge in [-0.25, -0.2) is 0 Å².